The molecule has 1 amide bonds. The van der Waals surface area contributed by atoms with E-state index in [-0.39, 0.29) is 12.5 Å². The second kappa shape index (κ2) is 6.25. The zero-order chi connectivity index (χ0) is 13.7. The number of nitrogens with one attached hydrogen (secondary N) is 2. The van der Waals surface area contributed by atoms with Crippen molar-refractivity contribution in [3.8, 4) is 0 Å². The molecule has 4 heteroatoms. The molecule has 3 nitrogen and oxygen atoms in total. The zero-order valence-electron chi connectivity index (χ0n) is 10.6. The molecule has 0 fully saturated rings. The van der Waals surface area contributed by atoms with Gasteiger partial charge in [-0.15, -0.1) is 0 Å². The number of aryl methyl sites for hydroxylation is 1. The third-order valence-corrected chi connectivity index (χ3v) is 3.03. The fraction of sp³-hybridized carbons (Fsp3) is 0.133. The molecular formula is C15H15ClN2O. The lowest BCUT2D eigenvalue weighted by Crippen LogP contribution is -2.22. The number of rotatable bonds is 4. The van der Waals surface area contributed by atoms with Crippen LogP contribution < -0.4 is 10.6 Å². The summed E-state index contributed by atoms with van der Waals surface area (Å²) in [4.78, 5) is 11.9. The molecule has 2 aromatic rings. The van der Waals surface area contributed by atoms with Crippen molar-refractivity contribution in [3.63, 3.8) is 0 Å². The van der Waals surface area contributed by atoms with Crippen molar-refractivity contribution in [2.24, 2.45) is 0 Å². The van der Waals surface area contributed by atoms with Gasteiger partial charge in [0.2, 0.25) is 5.91 Å². The minimum Gasteiger partial charge on any atom is -0.376 e. The van der Waals surface area contributed by atoms with Crippen LogP contribution in [0.5, 0.6) is 0 Å². The Labute approximate surface area is 117 Å². The summed E-state index contributed by atoms with van der Waals surface area (Å²) in [5.74, 6) is -0.125. The van der Waals surface area contributed by atoms with Crippen molar-refractivity contribution >= 4 is 28.9 Å². The minimum absolute atomic E-state index is 0.125. The maximum atomic E-state index is 11.9. The molecule has 0 aromatic heterocycles. The van der Waals surface area contributed by atoms with Gasteiger partial charge >= 0.3 is 0 Å². The molecule has 0 bridgehead atoms. The zero-order valence-corrected chi connectivity index (χ0v) is 11.4. The van der Waals surface area contributed by atoms with Gasteiger partial charge in [-0.3, -0.25) is 4.79 Å². The lowest BCUT2D eigenvalue weighted by molar-refractivity contribution is -0.114. The smallest absolute Gasteiger partial charge is 0.243 e. The highest BCUT2D eigenvalue weighted by molar-refractivity contribution is 6.33. The van der Waals surface area contributed by atoms with E-state index in [9.17, 15) is 4.79 Å². The second-order valence-electron chi connectivity index (χ2n) is 4.20. The van der Waals surface area contributed by atoms with Crippen molar-refractivity contribution < 1.29 is 4.79 Å². The van der Waals surface area contributed by atoms with Crippen LogP contribution in [-0.2, 0) is 4.79 Å². The number of carbonyl (C=O) groups excluding carboxylic acids is 1. The Bertz CT molecular complexity index is 549. The summed E-state index contributed by atoms with van der Waals surface area (Å²) >= 11 is 6.06. The highest BCUT2D eigenvalue weighted by Crippen LogP contribution is 2.24. The first-order chi connectivity index (χ1) is 9.16. The molecule has 0 aliphatic heterocycles. The molecule has 0 saturated heterocycles. The minimum atomic E-state index is -0.125. The first kappa shape index (κ1) is 13.4. The van der Waals surface area contributed by atoms with Gasteiger partial charge in [0, 0.05) is 5.69 Å². The fourth-order valence-corrected chi connectivity index (χ4v) is 1.98. The largest absolute Gasteiger partial charge is 0.376 e. The Hall–Kier alpha value is -2.00. The maximum Gasteiger partial charge on any atom is 0.243 e. The Morgan fingerprint density at radius 2 is 1.84 bits per heavy atom. The van der Waals surface area contributed by atoms with Gasteiger partial charge in [-0.1, -0.05) is 41.9 Å². The van der Waals surface area contributed by atoms with E-state index < -0.39 is 0 Å². The Morgan fingerprint density at radius 1 is 1.11 bits per heavy atom. The summed E-state index contributed by atoms with van der Waals surface area (Å²) in [6, 6.07) is 15.1. The average molecular weight is 275 g/mol. The van der Waals surface area contributed by atoms with Crippen LogP contribution >= 0.6 is 11.6 Å². The van der Waals surface area contributed by atoms with E-state index in [1.807, 2.05) is 49.4 Å². The number of halogens is 1. The summed E-state index contributed by atoms with van der Waals surface area (Å²) in [6.45, 7) is 2.11. The number of para-hydroxylation sites is 2. The van der Waals surface area contributed by atoms with Crippen molar-refractivity contribution in [3.05, 3.63) is 59.1 Å². The van der Waals surface area contributed by atoms with Gasteiger partial charge in [0.05, 0.1) is 17.3 Å². The maximum absolute atomic E-state index is 11.9. The number of anilines is 2. The van der Waals surface area contributed by atoms with Crippen LogP contribution in [0, 0.1) is 6.92 Å². The lowest BCUT2D eigenvalue weighted by atomic mass is 10.2. The predicted octanol–water partition coefficient (Wildman–Crippen LogP) is 3.70. The topological polar surface area (TPSA) is 41.1 Å². The van der Waals surface area contributed by atoms with E-state index in [1.54, 1.807) is 6.07 Å². The molecule has 0 spiro atoms. The molecule has 2 aromatic carbocycles. The lowest BCUT2D eigenvalue weighted by Gasteiger charge is -2.11. The monoisotopic (exact) mass is 274 g/mol. The third-order valence-electron chi connectivity index (χ3n) is 2.71. The number of hydrogen-bond donors (Lipinski definition) is 2. The Balaban J connectivity index is 1.95. The molecule has 0 saturated carbocycles. The van der Waals surface area contributed by atoms with Crippen LogP contribution in [0.4, 0.5) is 11.4 Å². The molecule has 0 unspecified atom stereocenters. The van der Waals surface area contributed by atoms with Gasteiger partial charge in [0.15, 0.2) is 0 Å². The van der Waals surface area contributed by atoms with Gasteiger partial charge < -0.3 is 10.6 Å². The SMILES string of the molecule is Cc1cccc(Cl)c1NC(=O)CNc1ccccc1. The molecule has 0 heterocycles. The van der Waals surface area contributed by atoms with Gasteiger partial charge in [0.25, 0.3) is 0 Å². The molecule has 0 atom stereocenters. The van der Waals surface area contributed by atoms with E-state index in [0.29, 0.717) is 10.7 Å². The summed E-state index contributed by atoms with van der Waals surface area (Å²) in [6.07, 6.45) is 0. The standard InChI is InChI=1S/C15H15ClN2O/c1-11-6-5-9-13(16)15(11)18-14(19)10-17-12-7-3-2-4-8-12/h2-9,17H,10H2,1H3,(H,18,19). The quantitative estimate of drug-likeness (QED) is 0.893. The third kappa shape index (κ3) is 3.73. The molecule has 19 heavy (non-hydrogen) atoms. The van der Waals surface area contributed by atoms with Crippen molar-refractivity contribution in [2.45, 2.75) is 6.92 Å². The highest BCUT2D eigenvalue weighted by Gasteiger charge is 2.07. The van der Waals surface area contributed by atoms with Crippen molar-refractivity contribution in [1.29, 1.82) is 0 Å². The van der Waals surface area contributed by atoms with Gasteiger partial charge in [-0.2, -0.15) is 0 Å². The number of amides is 1. The van der Waals surface area contributed by atoms with Crippen molar-refractivity contribution in [1.82, 2.24) is 0 Å². The Morgan fingerprint density at radius 3 is 2.53 bits per heavy atom. The van der Waals surface area contributed by atoms with Crippen LogP contribution in [0.25, 0.3) is 0 Å². The first-order valence-electron chi connectivity index (χ1n) is 6.00. The second-order valence-corrected chi connectivity index (χ2v) is 4.61. The molecular weight excluding hydrogens is 260 g/mol. The van der Waals surface area contributed by atoms with Crippen LogP contribution in [0.15, 0.2) is 48.5 Å². The molecule has 98 valence electrons. The normalized spacial score (nSPS) is 10.0. The van der Waals surface area contributed by atoms with Gasteiger partial charge in [-0.25, -0.2) is 0 Å². The predicted molar refractivity (Wildman–Crippen MR) is 79.8 cm³/mol. The van der Waals surface area contributed by atoms with Crippen molar-refractivity contribution in [2.75, 3.05) is 17.2 Å². The van der Waals surface area contributed by atoms with Crippen LogP contribution in [0.1, 0.15) is 5.56 Å². The summed E-state index contributed by atoms with van der Waals surface area (Å²) in [5, 5.41) is 6.41. The van der Waals surface area contributed by atoms with E-state index in [4.69, 9.17) is 11.6 Å². The Kier molecular flexibility index (Phi) is 4.42. The van der Waals surface area contributed by atoms with Gasteiger partial charge in [0.1, 0.15) is 0 Å². The molecule has 0 radical (unpaired) electrons. The summed E-state index contributed by atoms with van der Waals surface area (Å²) < 4.78 is 0. The van der Waals surface area contributed by atoms with Crippen LogP contribution in [0.3, 0.4) is 0 Å². The molecule has 0 aliphatic carbocycles. The van der Waals surface area contributed by atoms with Crippen LogP contribution in [-0.4, -0.2) is 12.5 Å². The number of carbonyl (C=O) groups is 1. The first-order valence-corrected chi connectivity index (χ1v) is 6.38. The fourth-order valence-electron chi connectivity index (χ4n) is 1.71. The highest BCUT2D eigenvalue weighted by atomic mass is 35.5. The average Bonchev–Trinajstić information content (AvgIpc) is 2.42. The molecule has 0 aliphatic rings. The van der Waals surface area contributed by atoms with E-state index >= 15 is 0 Å². The number of benzene rings is 2. The van der Waals surface area contributed by atoms with Gasteiger partial charge in [-0.05, 0) is 30.7 Å². The summed E-state index contributed by atoms with van der Waals surface area (Å²) in [7, 11) is 0. The van der Waals surface area contributed by atoms with Crippen LogP contribution in [0.2, 0.25) is 5.02 Å². The molecule has 2 rings (SSSR count). The summed E-state index contributed by atoms with van der Waals surface area (Å²) in [5.41, 5.74) is 2.53. The molecule has 2 N–H and O–H groups in total. The van der Waals surface area contributed by atoms with E-state index in [0.717, 1.165) is 11.3 Å². The van der Waals surface area contributed by atoms with E-state index in [1.165, 1.54) is 0 Å². The van der Waals surface area contributed by atoms with E-state index in [2.05, 4.69) is 10.6 Å². The number of hydrogen-bond acceptors (Lipinski definition) is 2.